The summed E-state index contributed by atoms with van der Waals surface area (Å²) in [4.78, 5) is 108. The zero-order chi connectivity index (χ0) is 51.7. The molecule has 0 aliphatic carbocycles. The van der Waals surface area contributed by atoms with Crippen LogP contribution in [0.5, 0.6) is 0 Å². The highest BCUT2D eigenvalue weighted by Crippen LogP contribution is 2.32. The van der Waals surface area contributed by atoms with Crippen LogP contribution in [-0.4, -0.2) is 115 Å². The number of carbonyl (C=O) groups is 7. The predicted molar refractivity (Wildman–Crippen MR) is 266 cm³/mol. The van der Waals surface area contributed by atoms with Crippen LogP contribution in [0.15, 0.2) is 83.7 Å². The molecule has 4 aromatic rings. The number of aromatic nitrogens is 2. The minimum atomic E-state index is -1.44. The largest absolute Gasteiger partial charge is 0.444 e. The number of nitrogens with zero attached hydrogens (tertiary/aromatic N) is 4. The van der Waals surface area contributed by atoms with Crippen molar-refractivity contribution in [1.82, 2.24) is 40.2 Å². The van der Waals surface area contributed by atoms with Gasteiger partial charge >= 0.3 is 11.8 Å². The van der Waals surface area contributed by atoms with Gasteiger partial charge in [-0.05, 0) is 95.0 Å². The fourth-order valence-corrected chi connectivity index (χ4v) is 9.80. The molecule has 3 aliphatic rings. The minimum absolute atomic E-state index is 0.0708. The topological polar surface area (TPSA) is 256 Å². The van der Waals surface area contributed by atoms with E-state index < -0.39 is 71.8 Å². The number of aryl methyl sites for hydroxylation is 1. The number of fused-ring (bicyclic) bond motifs is 2. The number of rotatable bonds is 15. The summed E-state index contributed by atoms with van der Waals surface area (Å²) in [6, 6.07) is 19.1. The molecule has 7 N–H and O–H groups in total. The monoisotopic (exact) mass is 987 g/mol. The van der Waals surface area contributed by atoms with Crippen LogP contribution in [0, 0.1) is 11.8 Å². The number of unbranched alkanes of at least 4 members (excludes halogenated alkanes) is 2. The molecule has 3 saturated heterocycles. The Kier molecular flexibility index (Phi) is 17.0. The summed E-state index contributed by atoms with van der Waals surface area (Å²) < 4.78 is 8.43. The summed E-state index contributed by atoms with van der Waals surface area (Å²) in [5.41, 5.74) is 7.74. The molecule has 0 spiro atoms. The van der Waals surface area contributed by atoms with Crippen molar-refractivity contribution >= 4 is 52.6 Å². The van der Waals surface area contributed by atoms with E-state index in [4.69, 9.17) is 10.5 Å². The van der Waals surface area contributed by atoms with Gasteiger partial charge in [-0.1, -0.05) is 72.5 Å². The normalized spacial score (nSPS) is 20.8. The van der Waals surface area contributed by atoms with E-state index in [1.165, 1.54) is 9.13 Å². The van der Waals surface area contributed by atoms with Gasteiger partial charge in [0.1, 0.15) is 23.9 Å². The lowest BCUT2D eigenvalue weighted by atomic mass is 9.98. The van der Waals surface area contributed by atoms with E-state index in [0.717, 1.165) is 11.1 Å². The molecular weight excluding hydrogens is 923 g/mol. The van der Waals surface area contributed by atoms with Gasteiger partial charge in [0, 0.05) is 57.4 Å². The first-order valence-electron chi connectivity index (χ1n) is 24.6. The van der Waals surface area contributed by atoms with Gasteiger partial charge in [0.15, 0.2) is 0 Å². The Morgan fingerprint density at radius 1 is 0.875 bits per heavy atom. The molecule has 19 heteroatoms. The molecule has 7 amide bonds. The average Bonchev–Trinajstić information content (AvgIpc) is 3.87. The van der Waals surface area contributed by atoms with E-state index in [9.17, 15) is 43.5 Å². The molecule has 0 radical (unpaired) electrons. The molecule has 3 aromatic carbocycles. The standard InChI is InChI=1S/C53H65N9O10/c1-53(2,3)72-51(70)56-38-32-60(45(65)20-14-6-5-9-15-33-21-24-39-42(31-33)59(4)52(71)62(39)41-26-28-44(64)57-49(41)68)30-29-36-22-25-40(61(36)50(38)69)48(67)55-37(23-27-43(54)63)47(66)58-46(34-16-10-7-11-17-34)35-18-12-8-13-19-35/h7-8,10-13,16-19,21,24,31,36-38,40-41,46,50,69H,5-6,14,20,22-23,25-30,32H2,1-4H3,(H2,54,63)(H,55,67)(H,56,70)(H,58,66)(H,57,64,68)/t36?,37-,38-,40-,41?,50?/m0/s1. The van der Waals surface area contributed by atoms with E-state index in [1.807, 2.05) is 60.7 Å². The van der Waals surface area contributed by atoms with Crippen LogP contribution in [0.1, 0.15) is 120 Å². The summed E-state index contributed by atoms with van der Waals surface area (Å²) in [5, 5.41) is 23.2. The van der Waals surface area contributed by atoms with Crippen molar-refractivity contribution in [1.29, 1.82) is 0 Å². The van der Waals surface area contributed by atoms with Crippen molar-refractivity contribution < 1.29 is 43.4 Å². The third-order valence-electron chi connectivity index (χ3n) is 13.4. The molecule has 4 heterocycles. The number of nitrogens with two attached hydrogens (primary N) is 1. The number of primary amides is 1. The van der Waals surface area contributed by atoms with Crippen LogP contribution < -0.4 is 32.7 Å². The van der Waals surface area contributed by atoms with Crippen LogP contribution >= 0.6 is 0 Å². The van der Waals surface area contributed by atoms with Gasteiger partial charge in [-0.2, -0.15) is 0 Å². The number of imide groups is 1. The number of benzene rings is 3. The van der Waals surface area contributed by atoms with Crippen LogP contribution in [0.3, 0.4) is 0 Å². The molecule has 0 bridgehead atoms. The maximum absolute atomic E-state index is 14.4. The molecule has 3 fully saturated rings. The molecule has 0 saturated carbocycles. The summed E-state index contributed by atoms with van der Waals surface area (Å²) in [6.07, 6.45) is 0.870. The van der Waals surface area contributed by atoms with E-state index in [-0.39, 0.29) is 68.7 Å². The number of piperidine rings is 1. The van der Waals surface area contributed by atoms with Gasteiger partial charge in [-0.15, -0.1) is 0 Å². The summed E-state index contributed by atoms with van der Waals surface area (Å²) in [5.74, 6) is 3.53. The average molecular weight is 988 g/mol. The zero-order valence-corrected chi connectivity index (χ0v) is 41.2. The van der Waals surface area contributed by atoms with Crippen molar-refractivity contribution in [3.63, 3.8) is 0 Å². The number of alkyl carbamates (subject to hydrolysis) is 1. The van der Waals surface area contributed by atoms with Crippen LogP contribution in [0.2, 0.25) is 0 Å². The molecule has 3 aliphatic heterocycles. The first kappa shape index (κ1) is 52.5. The first-order valence-corrected chi connectivity index (χ1v) is 24.6. The lowest BCUT2D eigenvalue weighted by Crippen LogP contribution is -2.64. The number of carbonyl (C=O) groups excluding carboxylic acids is 7. The molecule has 3 unspecified atom stereocenters. The van der Waals surface area contributed by atoms with Crippen molar-refractivity contribution in [3.05, 3.63) is 106 Å². The number of aliphatic hydroxyl groups is 1. The second-order valence-corrected chi connectivity index (χ2v) is 19.7. The van der Waals surface area contributed by atoms with Gasteiger partial charge in [-0.25, -0.2) is 9.59 Å². The van der Waals surface area contributed by atoms with Gasteiger partial charge in [-0.3, -0.25) is 48.1 Å². The number of amides is 7. The lowest BCUT2D eigenvalue weighted by Gasteiger charge is -2.42. The molecule has 7 rings (SSSR count). The number of hydrogen-bond acceptors (Lipinski definition) is 11. The molecule has 382 valence electrons. The van der Waals surface area contributed by atoms with Crippen LogP contribution in [0.4, 0.5) is 4.79 Å². The fraction of sp³-hybridized carbons (Fsp3) is 0.472. The maximum atomic E-state index is 14.4. The Balaban J connectivity index is 0.997. The number of imidazole rings is 1. The number of aliphatic hydroxyl groups excluding tert-OH is 1. The maximum Gasteiger partial charge on any atom is 0.408 e. The smallest absolute Gasteiger partial charge is 0.408 e. The summed E-state index contributed by atoms with van der Waals surface area (Å²) in [6.45, 7) is 5.33. The zero-order valence-electron chi connectivity index (χ0n) is 41.2. The second-order valence-electron chi connectivity index (χ2n) is 19.7. The second kappa shape index (κ2) is 23.3. The van der Waals surface area contributed by atoms with E-state index in [0.29, 0.717) is 55.1 Å². The Bertz CT molecular complexity index is 2740. The van der Waals surface area contributed by atoms with Crippen molar-refractivity contribution in [2.45, 2.75) is 139 Å². The van der Waals surface area contributed by atoms with E-state index in [2.05, 4.69) is 33.1 Å². The third-order valence-corrected chi connectivity index (χ3v) is 13.4. The predicted octanol–water partition coefficient (Wildman–Crippen LogP) is 3.16. The van der Waals surface area contributed by atoms with Crippen LogP contribution in [0.25, 0.3) is 11.0 Å². The molecule has 6 atom stereocenters. The first-order chi connectivity index (χ1) is 34.4. The Morgan fingerprint density at radius 3 is 2.22 bits per heavy atom. The Labute approximate surface area is 418 Å². The Hall–Kier alpha value is -7.30. The van der Waals surface area contributed by atoms with Crippen molar-refractivity contribution in [2.75, 3.05) is 13.1 Å². The molecule has 19 nitrogen and oxygen atoms in total. The summed E-state index contributed by atoms with van der Waals surface area (Å²) in [7, 11) is 1.62. The summed E-state index contributed by atoms with van der Waals surface area (Å²) >= 11 is 0. The molecule has 72 heavy (non-hydrogen) atoms. The van der Waals surface area contributed by atoms with Gasteiger partial charge in [0.25, 0.3) is 0 Å². The minimum Gasteiger partial charge on any atom is -0.444 e. The number of hydrogen-bond donors (Lipinski definition) is 6. The SMILES string of the molecule is Cn1c(=O)n(C2CCC(=O)NC2=O)c2ccc(C#CCCCCC(=O)N3CCC4CC[C@@H](C(=O)N[C@@H](CCC(N)=O)C(=O)NC(c5ccccc5)c5ccccc5)N4C(O)[C@@H](NC(=O)OC(C)(C)C)C3)cc21. The van der Waals surface area contributed by atoms with E-state index >= 15 is 0 Å². The lowest BCUT2D eigenvalue weighted by molar-refractivity contribution is -0.141. The highest BCUT2D eigenvalue weighted by molar-refractivity contribution is 6.00. The van der Waals surface area contributed by atoms with Crippen LogP contribution in [-0.2, 0) is 40.6 Å². The number of nitrogens with one attached hydrogen (secondary N) is 4. The van der Waals surface area contributed by atoms with Crippen molar-refractivity contribution in [2.24, 2.45) is 12.8 Å². The molecule has 1 aromatic heterocycles. The van der Waals surface area contributed by atoms with Gasteiger partial charge in [0.05, 0.1) is 29.2 Å². The third kappa shape index (κ3) is 13.0. The Morgan fingerprint density at radius 2 is 1.57 bits per heavy atom. The van der Waals surface area contributed by atoms with Gasteiger partial charge in [0.2, 0.25) is 35.4 Å². The highest BCUT2D eigenvalue weighted by atomic mass is 16.6. The van der Waals surface area contributed by atoms with E-state index in [1.54, 1.807) is 55.8 Å². The van der Waals surface area contributed by atoms with Gasteiger partial charge < -0.3 is 36.4 Å². The molecular formula is C53H65N9O10. The van der Waals surface area contributed by atoms with Crippen molar-refractivity contribution in [3.8, 4) is 11.8 Å². The quantitative estimate of drug-likeness (QED) is 0.0573. The fourth-order valence-electron chi connectivity index (χ4n) is 9.80. The highest BCUT2D eigenvalue weighted by Gasteiger charge is 2.47. The number of ether oxygens (including phenoxy) is 1.